The average Bonchev–Trinajstić information content (AvgIpc) is 1.66. The first-order valence-electron chi connectivity index (χ1n) is 44.4. The fourth-order valence-electron chi connectivity index (χ4n) is 15.0. The molecule has 30 heteroatoms. The fourth-order valence-corrected chi connectivity index (χ4v) is 15.2. The van der Waals surface area contributed by atoms with Gasteiger partial charge in [-0.2, -0.15) is 25.5 Å². The van der Waals surface area contributed by atoms with Crippen molar-refractivity contribution in [2.45, 2.75) is 181 Å². The van der Waals surface area contributed by atoms with Crippen molar-refractivity contribution in [1.29, 1.82) is 0 Å². The minimum atomic E-state index is -0.298. The lowest BCUT2D eigenvalue weighted by molar-refractivity contribution is 0.0683. The molecule has 126 heavy (non-hydrogen) atoms. The molecule has 5 aromatic heterocycles. The summed E-state index contributed by atoms with van der Waals surface area (Å²) in [6, 6.07) is 43.1. The summed E-state index contributed by atoms with van der Waals surface area (Å²) in [5.41, 5.74) is 12.1. The first-order valence-corrected chi connectivity index (χ1v) is 44.8. The highest BCUT2D eigenvalue weighted by Gasteiger charge is 2.28. The predicted octanol–water partition coefficient (Wildman–Crippen LogP) is 16.2. The number of carbonyl (C=O) groups is 5. The van der Waals surface area contributed by atoms with Gasteiger partial charge >= 0.3 is 0 Å². The van der Waals surface area contributed by atoms with Crippen molar-refractivity contribution in [2.75, 3.05) is 118 Å². The molecule has 5 amide bonds. The number of aliphatic imine (C=N–C) groups is 1. The van der Waals surface area contributed by atoms with Gasteiger partial charge in [-0.1, -0.05) is 144 Å². The maximum atomic E-state index is 14.1. The third-order valence-electron chi connectivity index (χ3n) is 22.2. The smallest absolute Gasteiger partial charge is 0.274 e. The quantitative estimate of drug-likeness (QED) is 0.0239. The van der Waals surface area contributed by atoms with Gasteiger partial charge in [0.1, 0.15) is 45.9 Å². The van der Waals surface area contributed by atoms with Crippen molar-refractivity contribution in [3.8, 4) is 0 Å². The number of fused-ring (bicyclic) bond motifs is 1. The van der Waals surface area contributed by atoms with Gasteiger partial charge in [-0.25, -0.2) is 13.2 Å². The molecular weight excluding hydrogens is 1620 g/mol. The van der Waals surface area contributed by atoms with Crippen LogP contribution >= 0.6 is 11.6 Å². The van der Waals surface area contributed by atoms with Crippen molar-refractivity contribution in [2.24, 2.45) is 4.99 Å². The first-order chi connectivity index (χ1) is 60.6. The second-order valence-electron chi connectivity index (χ2n) is 32.5. The highest BCUT2D eigenvalue weighted by Crippen LogP contribution is 2.30. The highest BCUT2D eigenvalue weighted by atomic mass is 35.5. The van der Waals surface area contributed by atoms with E-state index in [0.29, 0.717) is 108 Å². The number of likely N-dealkylation sites (N-methyl/N-ethyl adjacent to an activating group) is 2. The number of likely N-dealkylation sites (tertiary alicyclic amines) is 1. The number of rotatable bonds is 40. The van der Waals surface area contributed by atoms with E-state index < -0.39 is 0 Å². The van der Waals surface area contributed by atoms with E-state index in [-0.39, 0.29) is 66.6 Å². The Morgan fingerprint density at radius 2 is 0.690 bits per heavy atom. The number of benzene rings is 5. The zero-order valence-electron chi connectivity index (χ0n) is 76.6. The molecule has 0 atom stereocenters. The van der Waals surface area contributed by atoms with Crippen LogP contribution in [0, 0.1) is 52.1 Å². The largest absolute Gasteiger partial charge is 0.332 e. The van der Waals surface area contributed by atoms with Crippen LogP contribution in [0.1, 0.15) is 209 Å². The van der Waals surface area contributed by atoms with Crippen molar-refractivity contribution in [1.82, 2.24) is 100.0 Å². The SMILES string of the molecule is CCCN(CCC)CCN(Cc1ccccc1F)C(=O)c1cc(C)[nH]n1.CCN(CC)CCN(Cc1cccc2c1N=CC2)C(=O)c1cc(C)[nH]n1.CCN(CC)CCN(Cc1ccccc1Cl)C(=O)c1cc(C)[nH]n1.Cc1cc(C(=O)N(CCN(C(C)C)C(C)C)Cc2ccccc2F)n[nH]1.Cc1cc(C(=O)N(CCN2CCCC2)Cc2ccccc2F)n[nH]1. The number of aryl methyl sites for hydroxylation is 5. The third kappa shape index (κ3) is 31.6. The summed E-state index contributed by atoms with van der Waals surface area (Å²) in [5, 5.41) is 35.2. The summed E-state index contributed by atoms with van der Waals surface area (Å²) in [7, 11) is 0. The van der Waals surface area contributed by atoms with Gasteiger partial charge in [0.25, 0.3) is 29.5 Å². The fraction of sp³-hybridized carbons (Fsp3) is 0.469. The lowest BCUT2D eigenvalue weighted by Gasteiger charge is -2.33. The van der Waals surface area contributed by atoms with Crippen molar-refractivity contribution >= 4 is 53.0 Å². The van der Waals surface area contributed by atoms with E-state index in [0.717, 1.165) is 150 Å². The Labute approximate surface area is 748 Å². The molecule has 0 radical (unpaired) electrons. The van der Waals surface area contributed by atoms with Crippen molar-refractivity contribution < 1.29 is 37.1 Å². The average molecular weight is 1750 g/mol. The second-order valence-corrected chi connectivity index (χ2v) is 32.9. The molecular formula is C96H133ClF3N21O5. The van der Waals surface area contributed by atoms with E-state index in [1.54, 1.807) is 99.6 Å². The molecule has 0 bridgehead atoms. The van der Waals surface area contributed by atoms with Crippen LogP contribution in [-0.2, 0) is 39.1 Å². The van der Waals surface area contributed by atoms with Gasteiger partial charge in [0, 0.05) is 173 Å². The number of nitrogens with zero attached hydrogens (tertiary/aromatic N) is 16. The van der Waals surface area contributed by atoms with Gasteiger partial charge in [-0.3, -0.25) is 59.4 Å². The number of carbonyl (C=O) groups excluding carboxylic acids is 5. The molecule has 10 aromatic rings. The lowest BCUT2D eigenvalue weighted by atomic mass is 10.1. The molecule has 1 fully saturated rings. The number of amides is 5. The number of aromatic amines is 5. The molecule has 12 rings (SSSR count). The highest BCUT2D eigenvalue weighted by molar-refractivity contribution is 6.31. The molecule has 0 spiro atoms. The summed E-state index contributed by atoms with van der Waals surface area (Å²) in [5.74, 6) is -1.52. The van der Waals surface area contributed by atoms with Crippen LogP contribution < -0.4 is 0 Å². The molecule has 0 aliphatic carbocycles. The summed E-state index contributed by atoms with van der Waals surface area (Å²) in [6.07, 6.45) is 7.36. The molecule has 0 unspecified atom stereocenters. The van der Waals surface area contributed by atoms with Crippen molar-refractivity contribution in [3.63, 3.8) is 0 Å². The van der Waals surface area contributed by atoms with Gasteiger partial charge < -0.3 is 44.1 Å². The molecule has 7 heterocycles. The molecule has 680 valence electrons. The predicted molar refractivity (Wildman–Crippen MR) is 495 cm³/mol. The van der Waals surface area contributed by atoms with E-state index in [9.17, 15) is 37.1 Å². The third-order valence-corrected chi connectivity index (χ3v) is 22.6. The Morgan fingerprint density at radius 3 is 1.02 bits per heavy atom. The van der Waals surface area contributed by atoms with Crippen LogP contribution in [0.5, 0.6) is 0 Å². The monoisotopic (exact) mass is 1750 g/mol. The van der Waals surface area contributed by atoms with Gasteiger partial charge in [0.05, 0.1) is 5.69 Å². The Balaban J connectivity index is 0.000000195. The lowest BCUT2D eigenvalue weighted by Crippen LogP contribution is -2.44. The van der Waals surface area contributed by atoms with E-state index in [1.807, 2.05) is 74.9 Å². The Kier molecular flexibility index (Phi) is 41.6. The van der Waals surface area contributed by atoms with Crippen LogP contribution in [0.4, 0.5) is 18.9 Å². The number of hydrogen-bond acceptors (Lipinski definition) is 16. The van der Waals surface area contributed by atoms with Crippen molar-refractivity contribution in [3.05, 3.63) is 258 Å². The molecule has 2 aliphatic rings. The van der Waals surface area contributed by atoms with Crippen LogP contribution in [0.2, 0.25) is 5.02 Å². The summed E-state index contributed by atoms with van der Waals surface area (Å²) in [6.45, 7) is 47.4. The van der Waals surface area contributed by atoms with E-state index >= 15 is 0 Å². The molecule has 2 aliphatic heterocycles. The summed E-state index contributed by atoms with van der Waals surface area (Å²) in [4.78, 5) is 89.4. The number of para-hydroxylation sites is 1. The topological polar surface area (TPSA) is 274 Å². The number of H-pyrrole nitrogens is 5. The number of halogens is 4. The van der Waals surface area contributed by atoms with Crippen LogP contribution in [-0.4, -0.2) is 266 Å². The zero-order valence-corrected chi connectivity index (χ0v) is 77.4. The van der Waals surface area contributed by atoms with Crippen LogP contribution in [0.15, 0.2) is 151 Å². The maximum absolute atomic E-state index is 14.1. The normalized spacial score (nSPS) is 12.2. The Hall–Kier alpha value is -11.0. The molecule has 1 saturated heterocycles. The molecule has 5 N–H and O–H groups in total. The molecule has 5 aromatic carbocycles. The van der Waals surface area contributed by atoms with Gasteiger partial charge in [-0.15, -0.1) is 0 Å². The van der Waals surface area contributed by atoms with Gasteiger partial charge in [-0.05, 0) is 212 Å². The Morgan fingerprint density at radius 1 is 0.381 bits per heavy atom. The summed E-state index contributed by atoms with van der Waals surface area (Å²) < 4.78 is 42.2. The minimum absolute atomic E-state index is 0.0407. The van der Waals surface area contributed by atoms with Gasteiger partial charge in [0.15, 0.2) is 0 Å². The molecule has 26 nitrogen and oxygen atoms in total. The first kappa shape index (κ1) is 100. The van der Waals surface area contributed by atoms with E-state index in [4.69, 9.17) is 11.6 Å². The number of hydrogen-bond donors (Lipinski definition) is 5. The van der Waals surface area contributed by atoms with E-state index in [2.05, 4.69) is 168 Å². The summed E-state index contributed by atoms with van der Waals surface area (Å²) >= 11 is 6.27. The minimum Gasteiger partial charge on any atom is -0.332 e. The van der Waals surface area contributed by atoms with Crippen LogP contribution in [0.25, 0.3) is 0 Å². The van der Waals surface area contributed by atoms with Gasteiger partial charge in [0.2, 0.25) is 0 Å². The standard InChI is InChI=1S/2C20H29FN4O.C20H27N5O.C18H25ClN4O.C18H23FN4O/c1-14(2)25(15(3)4)11-10-24(13-17-8-6-7-9-18(17)21)20(26)19-12-16(5)22-23-19;1-4-10-24(11-5-2)12-13-25(15-17-8-6-7-9-18(17)21)20(26)19-14-16(3)22-23-19;1-4-24(5-2)11-12-25(20(26)18-13-15(3)22-23-18)14-17-8-6-7-16-9-10-21-19(16)17;1-4-22(5-2)10-11-23(13-15-8-6-7-9-16(15)19)18(24)17-12-14(3)20-21-17;1-14-12-17(21-20-14)18(24)23(11-10-22-8-4-5-9-22)13-15-6-2-3-7-16(15)19/h6-9,12,14-15H,10-11,13H2,1-5H3,(H,22,23);6-9,14H,4-5,10-13,15H2,1-3H3,(H,22,23);6-8,10,13H,4-5,9,11-12,14H2,1-3H3,(H,22,23);6-9,12H,4-5,10-11,13H2,1-3H3,(H,20,21);2-3,6-7,12H,4-5,8-11,13H2,1H3,(H,20,21). The molecule has 0 saturated carbocycles. The number of nitrogens with one attached hydrogen (secondary N) is 5. The van der Waals surface area contributed by atoms with Crippen LogP contribution in [0.3, 0.4) is 0 Å². The number of aromatic nitrogens is 10. The Bertz CT molecular complexity index is 4880. The van der Waals surface area contributed by atoms with E-state index in [1.165, 1.54) is 36.6 Å². The zero-order chi connectivity index (χ0) is 91.2. The second kappa shape index (κ2) is 52.2. The maximum Gasteiger partial charge on any atom is 0.274 e.